The zero-order valence-corrected chi connectivity index (χ0v) is 10.2. The highest BCUT2D eigenvalue weighted by Gasteiger charge is 2.11. The predicted molar refractivity (Wildman–Crippen MR) is 68.8 cm³/mol. The molecule has 82 valence electrons. The molecule has 0 bridgehead atoms. The van der Waals surface area contributed by atoms with E-state index < -0.39 is 0 Å². The van der Waals surface area contributed by atoms with Crippen LogP contribution >= 0.6 is 22.9 Å². The minimum Gasteiger partial charge on any atom is -0.388 e. The Morgan fingerprint density at radius 3 is 2.75 bits per heavy atom. The number of nitrogens with one attached hydrogen (secondary N) is 1. The number of rotatable bonds is 3. The molecule has 1 aromatic heterocycles. The number of anilines is 1. The third-order valence-electron chi connectivity index (χ3n) is 2.21. The highest BCUT2D eigenvalue weighted by molar-refractivity contribution is 7.18. The van der Waals surface area contributed by atoms with Gasteiger partial charge in [0.25, 0.3) is 0 Å². The van der Waals surface area contributed by atoms with Gasteiger partial charge in [0, 0.05) is 18.3 Å². The van der Waals surface area contributed by atoms with Crippen LogP contribution in [0.15, 0.2) is 36.4 Å². The van der Waals surface area contributed by atoms with Gasteiger partial charge < -0.3 is 5.32 Å². The molecule has 0 aliphatic heterocycles. The van der Waals surface area contributed by atoms with E-state index in [4.69, 9.17) is 11.6 Å². The van der Waals surface area contributed by atoms with E-state index in [1.807, 2.05) is 25.2 Å². The molecule has 4 heteroatoms. The van der Waals surface area contributed by atoms with Gasteiger partial charge >= 0.3 is 0 Å². The van der Waals surface area contributed by atoms with Crippen LogP contribution in [0, 0.1) is 0 Å². The van der Waals surface area contributed by atoms with Gasteiger partial charge in [0.1, 0.15) is 0 Å². The molecule has 0 saturated heterocycles. The Labute approximate surface area is 103 Å². The maximum atomic E-state index is 12.1. The molecule has 0 unspecified atom stereocenters. The Morgan fingerprint density at radius 1 is 1.31 bits per heavy atom. The summed E-state index contributed by atoms with van der Waals surface area (Å²) >= 11 is 7.10. The molecular formula is C12H10ClNOS. The van der Waals surface area contributed by atoms with Crippen molar-refractivity contribution in [2.24, 2.45) is 0 Å². The number of ketones is 1. The number of thiophene rings is 1. The summed E-state index contributed by atoms with van der Waals surface area (Å²) < 4.78 is 0.633. The van der Waals surface area contributed by atoms with Gasteiger partial charge in [0.2, 0.25) is 5.78 Å². The standard InChI is InChI=1S/C12H10ClNOS/c1-14-9-4-2-3-8(7-9)12(15)10-5-6-11(13)16-10/h2-7,14H,1H3. The van der Waals surface area contributed by atoms with E-state index in [0.29, 0.717) is 14.8 Å². The van der Waals surface area contributed by atoms with Crippen LogP contribution in [0.25, 0.3) is 0 Å². The Balaban J connectivity index is 2.33. The van der Waals surface area contributed by atoms with Crippen LogP contribution in [-0.4, -0.2) is 12.8 Å². The highest BCUT2D eigenvalue weighted by Crippen LogP contribution is 2.24. The molecule has 2 nitrogen and oxygen atoms in total. The van der Waals surface area contributed by atoms with Crippen LogP contribution in [0.3, 0.4) is 0 Å². The molecule has 0 aliphatic carbocycles. The van der Waals surface area contributed by atoms with Crippen molar-refractivity contribution in [3.8, 4) is 0 Å². The van der Waals surface area contributed by atoms with Crippen molar-refractivity contribution in [3.05, 3.63) is 51.2 Å². The van der Waals surface area contributed by atoms with Crippen LogP contribution in [0.4, 0.5) is 5.69 Å². The van der Waals surface area contributed by atoms with Crippen LogP contribution in [-0.2, 0) is 0 Å². The second-order valence-electron chi connectivity index (χ2n) is 3.26. The average Bonchev–Trinajstić information content (AvgIpc) is 2.75. The summed E-state index contributed by atoms with van der Waals surface area (Å²) in [6, 6.07) is 10.9. The van der Waals surface area contributed by atoms with Crippen LogP contribution in [0.1, 0.15) is 15.2 Å². The molecule has 1 aromatic carbocycles. The lowest BCUT2D eigenvalue weighted by Gasteiger charge is -2.02. The fourth-order valence-corrected chi connectivity index (χ4v) is 2.40. The first kappa shape index (κ1) is 11.2. The number of hydrogen-bond acceptors (Lipinski definition) is 3. The number of carbonyl (C=O) groups is 1. The van der Waals surface area contributed by atoms with Crippen molar-refractivity contribution in [1.82, 2.24) is 0 Å². The Morgan fingerprint density at radius 2 is 2.12 bits per heavy atom. The lowest BCUT2D eigenvalue weighted by Crippen LogP contribution is -1.99. The molecule has 1 N–H and O–H groups in total. The van der Waals surface area contributed by atoms with E-state index >= 15 is 0 Å². The quantitative estimate of drug-likeness (QED) is 0.844. The predicted octanol–water partition coefficient (Wildman–Crippen LogP) is 3.67. The SMILES string of the molecule is CNc1cccc(C(=O)c2ccc(Cl)s2)c1. The Hall–Kier alpha value is -1.32. The normalized spacial score (nSPS) is 10.1. The monoisotopic (exact) mass is 251 g/mol. The third kappa shape index (κ3) is 2.26. The van der Waals surface area contributed by atoms with Crippen molar-refractivity contribution in [3.63, 3.8) is 0 Å². The number of halogens is 1. The number of carbonyl (C=O) groups excluding carboxylic acids is 1. The number of hydrogen-bond donors (Lipinski definition) is 1. The van der Waals surface area contributed by atoms with Crippen molar-refractivity contribution in [1.29, 1.82) is 0 Å². The molecule has 2 aromatic rings. The van der Waals surface area contributed by atoms with E-state index in [9.17, 15) is 4.79 Å². The van der Waals surface area contributed by atoms with Gasteiger partial charge in [0.15, 0.2) is 0 Å². The van der Waals surface area contributed by atoms with Crippen molar-refractivity contribution in [2.75, 3.05) is 12.4 Å². The van der Waals surface area contributed by atoms with Crippen LogP contribution in [0.2, 0.25) is 4.34 Å². The first-order valence-corrected chi connectivity index (χ1v) is 5.98. The first-order valence-electron chi connectivity index (χ1n) is 4.78. The maximum absolute atomic E-state index is 12.1. The van der Waals surface area contributed by atoms with Gasteiger partial charge in [-0.25, -0.2) is 0 Å². The molecule has 0 aliphatic rings. The second kappa shape index (κ2) is 4.68. The van der Waals surface area contributed by atoms with Gasteiger partial charge in [-0.2, -0.15) is 0 Å². The molecule has 0 atom stereocenters. The van der Waals surface area contributed by atoms with Gasteiger partial charge in [0.05, 0.1) is 9.21 Å². The minimum absolute atomic E-state index is 0.00833. The molecule has 1 heterocycles. The molecule has 0 spiro atoms. The summed E-state index contributed by atoms with van der Waals surface area (Å²) in [5.41, 5.74) is 1.60. The Kier molecular flexibility index (Phi) is 3.27. The molecule has 16 heavy (non-hydrogen) atoms. The molecule has 2 rings (SSSR count). The summed E-state index contributed by atoms with van der Waals surface area (Å²) in [6.45, 7) is 0. The number of benzene rings is 1. The molecule has 0 radical (unpaired) electrons. The summed E-state index contributed by atoms with van der Waals surface area (Å²) in [7, 11) is 1.82. The fourth-order valence-electron chi connectivity index (χ4n) is 1.39. The molecular weight excluding hydrogens is 242 g/mol. The topological polar surface area (TPSA) is 29.1 Å². The van der Waals surface area contributed by atoms with Gasteiger partial charge in [-0.3, -0.25) is 4.79 Å². The lowest BCUT2D eigenvalue weighted by molar-refractivity contribution is 0.104. The zero-order valence-electron chi connectivity index (χ0n) is 8.66. The largest absolute Gasteiger partial charge is 0.388 e. The molecule has 0 fully saturated rings. The van der Waals surface area contributed by atoms with E-state index in [-0.39, 0.29) is 5.78 Å². The average molecular weight is 252 g/mol. The smallest absolute Gasteiger partial charge is 0.203 e. The second-order valence-corrected chi connectivity index (χ2v) is 4.98. The highest BCUT2D eigenvalue weighted by atomic mass is 35.5. The Bertz CT molecular complexity index is 521. The van der Waals surface area contributed by atoms with Crippen molar-refractivity contribution >= 4 is 34.4 Å². The minimum atomic E-state index is 0.00833. The third-order valence-corrected chi connectivity index (χ3v) is 3.44. The van der Waals surface area contributed by atoms with Crippen molar-refractivity contribution in [2.45, 2.75) is 0 Å². The maximum Gasteiger partial charge on any atom is 0.203 e. The lowest BCUT2D eigenvalue weighted by atomic mass is 10.1. The molecule has 0 saturated carbocycles. The van der Waals surface area contributed by atoms with Gasteiger partial charge in [-0.15, -0.1) is 11.3 Å². The van der Waals surface area contributed by atoms with Gasteiger partial charge in [-0.05, 0) is 24.3 Å². The summed E-state index contributed by atoms with van der Waals surface area (Å²) in [6.07, 6.45) is 0. The van der Waals surface area contributed by atoms with Crippen molar-refractivity contribution < 1.29 is 4.79 Å². The fraction of sp³-hybridized carbons (Fsp3) is 0.0833. The van der Waals surface area contributed by atoms with E-state index in [1.165, 1.54) is 11.3 Å². The summed E-state index contributed by atoms with van der Waals surface area (Å²) in [5, 5.41) is 3.00. The zero-order chi connectivity index (χ0) is 11.5. The summed E-state index contributed by atoms with van der Waals surface area (Å²) in [4.78, 5) is 12.7. The van der Waals surface area contributed by atoms with E-state index in [0.717, 1.165) is 5.69 Å². The van der Waals surface area contributed by atoms with Gasteiger partial charge in [-0.1, -0.05) is 23.7 Å². The van der Waals surface area contributed by atoms with Crippen LogP contribution < -0.4 is 5.32 Å². The first-order chi connectivity index (χ1) is 7.70. The molecule has 0 amide bonds. The van der Waals surface area contributed by atoms with E-state index in [1.54, 1.807) is 18.2 Å². The van der Waals surface area contributed by atoms with E-state index in [2.05, 4.69) is 5.32 Å². The van der Waals surface area contributed by atoms with Crippen LogP contribution in [0.5, 0.6) is 0 Å². The summed E-state index contributed by atoms with van der Waals surface area (Å²) in [5.74, 6) is 0.00833.